The summed E-state index contributed by atoms with van der Waals surface area (Å²) < 4.78 is 0. The zero-order valence-corrected chi connectivity index (χ0v) is 14.3. The van der Waals surface area contributed by atoms with Crippen molar-refractivity contribution >= 4 is 23.4 Å². The van der Waals surface area contributed by atoms with E-state index in [0.29, 0.717) is 17.7 Å². The minimum atomic E-state index is 0.304. The Balaban J connectivity index is 1.71. The average molecular weight is 318 g/mol. The van der Waals surface area contributed by atoms with Gasteiger partial charge in [-0.25, -0.2) is 0 Å². The van der Waals surface area contributed by atoms with Crippen LogP contribution in [0.15, 0.2) is 29.2 Å². The minimum absolute atomic E-state index is 0.304. The van der Waals surface area contributed by atoms with E-state index in [4.69, 9.17) is 0 Å². The van der Waals surface area contributed by atoms with E-state index in [9.17, 15) is 4.79 Å². The lowest BCUT2D eigenvalue weighted by molar-refractivity contribution is -0.129. The van der Waals surface area contributed by atoms with Crippen LogP contribution in [0.5, 0.6) is 0 Å². The van der Waals surface area contributed by atoms with Crippen LogP contribution in [0.3, 0.4) is 0 Å². The van der Waals surface area contributed by atoms with E-state index in [1.807, 2.05) is 11.8 Å². The zero-order valence-electron chi connectivity index (χ0n) is 13.5. The van der Waals surface area contributed by atoms with Crippen LogP contribution in [-0.4, -0.2) is 42.2 Å². The Bertz CT molecular complexity index is 512. The lowest BCUT2D eigenvalue weighted by Crippen LogP contribution is -2.44. The van der Waals surface area contributed by atoms with Crippen molar-refractivity contribution in [2.24, 2.45) is 0 Å². The number of para-hydroxylation sites is 1. The van der Waals surface area contributed by atoms with E-state index in [0.717, 1.165) is 38.9 Å². The molecule has 3 rings (SSSR count). The molecule has 3 nitrogen and oxygen atoms in total. The van der Waals surface area contributed by atoms with Gasteiger partial charge in [0.15, 0.2) is 0 Å². The fraction of sp³-hybridized carbons (Fsp3) is 0.611. The molecule has 2 heterocycles. The topological polar surface area (TPSA) is 23.6 Å². The lowest BCUT2D eigenvalue weighted by Gasteiger charge is -2.36. The number of amides is 1. The molecule has 4 heteroatoms. The Morgan fingerprint density at radius 3 is 2.64 bits per heavy atom. The zero-order chi connectivity index (χ0) is 15.4. The van der Waals surface area contributed by atoms with Crippen molar-refractivity contribution in [1.82, 2.24) is 4.90 Å². The molecule has 0 bridgehead atoms. The molecule has 0 aliphatic carbocycles. The molecule has 120 valence electrons. The third kappa shape index (κ3) is 3.60. The van der Waals surface area contributed by atoms with Crippen molar-refractivity contribution in [3.05, 3.63) is 24.3 Å². The standard InChI is InChI=1S/C18H26N2OS/c1-2-15-13-20(16-9-5-6-10-17(16)22-15)14-18(21)19-11-7-3-4-8-12-19/h5-6,9-10,15H,2-4,7-8,11-14H2,1H3. The number of hydrogen-bond donors (Lipinski definition) is 0. The smallest absolute Gasteiger partial charge is 0.242 e. The van der Waals surface area contributed by atoms with Gasteiger partial charge in [0.05, 0.1) is 12.2 Å². The summed E-state index contributed by atoms with van der Waals surface area (Å²) in [7, 11) is 0. The molecule has 0 radical (unpaired) electrons. The Hall–Kier alpha value is -1.16. The second-order valence-corrected chi connectivity index (χ2v) is 7.63. The molecular weight excluding hydrogens is 292 g/mol. The van der Waals surface area contributed by atoms with Crippen LogP contribution in [0.4, 0.5) is 5.69 Å². The highest BCUT2D eigenvalue weighted by atomic mass is 32.2. The maximum absolute atomic E-state index is 12.7. The summed E-state index contributed by atoms with van der Waals surface area (Å²) in [5.41, 5.74) is 1.24. The molecule has 22 heavy (non-hydrogen) atoms. The van der Waals surface area contributed by atoms with Gasteiger partial charge in [-0.05, 0) is 31.4 Å². The van der Waals surface area contributed by atoms with Crippen molar-refractivity contribution in [2.75, 3.05) is 31.1 Å². The molecule has 2 aliphatic heterocycles. The van der Waals surface area contributed by atoms with Gasteiger partial charge in [0, 0.05) is 29.8 Å². The minimum Gasteiger partial charge on any atom is -0.360 e. The normalized spacial score (nSPS) is 22.1. The van der Waals surface area contributed by atoms with E-state index < -0.39 is 0 Å². The summed E-state index contributed by atoms with van der Waals surface area (Å²) in [5.74, 6) is 0.304. The fourth-order valence-electron chi connectivity index (χ4n) is 3.32. The van der Waals surface area contributed by atoms with E-state index >= 15 is 0 Å². The number of nitrogens with zero attached hydrogens (tertiary/aromatic N) is 2. The number of fused-ring (bicyclic) bond motifs is 1. The van der Waals surface area contributed by atoms with Gasteiger partial charge in [0.2, 0.25) is 5.91 Å². The van der Waals surface area contributed by atoms with Crippen molar-refractivity contribution in [3.8, 4) is 0 Å². The first kappa shape index (κ1) is 15.7. The van der Waals surface area contributed by atoms with Gasteiger partial charge in [-0.1, -0.05) is 31.9 Å². The Labute approximate surface area is 138 Å². The number of hydrogen-bond acceptors (Lipinski definition) is 3. The highest BCUT2D eigenvalue weighted by Gasteiger charge is 2.26. The van der Waals surface area contributed by atoms with Gasteiger partial charge < -0.3 is 9.80 Å². The molecule has 1 fully saturated rings. The number of carbonyl (C=O) groups is 1. The molecule has 1 amide bonds. The van der Waals surface area contributed by atoms with E-state index in [-0.39, 0.29) is 0 Å². The summed E-state index contributed by atoms with van der Waals surface area (Å²) in [6, 6.07) is 8.52. The van der Waals surface area contributed by atoms with Crippen LogP contribution in [0, 0.1) is 0 Å². The van der Waals surface area contributed by atoms with Crippen LogP contribution in [0.1, 0.15) is 39.0 Å². The maximum atomic E-state index is 12.7. The number of thioether (sulfide) groups is 1. The van der Waals surface area contributed by atoms with Gasteiger partial charge in [0.1, 0.15) is 0 Å². The molecule has 1 saturated heterocycles. The first-order valence-corrected chi connectivity index (χ1v) is 9.44. The quantitative estimate of drug-likeness (QED) is 0.847. The Kier molecular flexibility index (Phi) is 5.29. The molecule has 1 aromatic carbocycles. The maximum Gasteiger partial charge on any atom is 0.242 e. The third-order valence-corrected chi connectivity index (χ3v) is 6.08. The largest absolute Gasteiger partial charge is 0.360 e. The summed E-state index contributed by atoms with van der Waals surface area (Å²) >= 11 is 1.96. The fourth-order valence-corrected chi connectivity index (χ4v) is 4.58. The number of benzene rings is 1. The predicted octanol–water partition coefficient (Wildman–Crippen LogP) is 3.78. The predicted molar refractivity (Wildman–Crippen MR) is 93.6 cm³/mol. The molecular formula is C18H26N2OS. The molecule has 0 saturated carbocycles. The second kappa shape index (κ2) is 7.40. The summed E-state index contributed by atoms with van der Waals surface area (Å²) in [4.78, 5) is 18.4. The van der Waals surface area contributed by atoms with E-state index in [1.54, 1.807) is 0 Å². The number of carbonyl (C=O) groups excluding carboxylic acids is 1. The first-order chi connectivity index (χ1) is 10.8. The SMILES string of the molecule is CCC1CN(CC(=O)N2CCCCCC2)c2ccccc2S1. The lowest BCUT2D eigenvalue weighted by atomic mass is 10.2. The molecule has 1 atom stereocenters. The molecule has 1 unspecified atom stereocenters. The molecule has 1 aromatic rings. The number of likely N-dealkylation sites (tertiary alicyclic amines) is 1. The van der Waals surface area contributed by atoms with Crippen molar-refractivity contribution in [3.63, 3.8) is 0 Å². The van der Waals surface area contributed by atoms with Crippen LogP contribution in [0.25, 0.3) is 0 Å². The van der Waals surface area contributed by atoms with Gasteiger partial charge in [-0.15, -0.1) is 11.8 Å². The number of anilines is 1. The molecule has 0 spiro atoms. The van der Waals surface area contributed by atoms with Crippen LogP contribution in [0.2, 0.25) is 0 Å². The van der Waals surface area contributed by atoms with Crippen molar-refractivity contribution in [2.45, 2.75) is 49.2 Å². The van der Waals surface area contributed by atoms with Gasteiger partial charge in [-0.2, -0.15) is 0 Å². The summed E-state index contributed by atoms with van der Waals surface area (Å²) in [6.45, 7) is 5.65. The summed E-state index contributed by atoms with van der Waals surface area (Å²) in [5, 5.41) is 0.590. The molecule has 0 aromatic heterocycles. The van der Waals surface area contributed by atoms with Crippen molar-refractivity contribution < 1.29 is 4.79 Å². The van der Waals surface area contributed by atoms with E-state index in [1.165, 1.54) is 23.4 Å². The van der Waals surface area contributed by atoms with Crippen LogP contribution in [-0.2, 0) is 4.79 Å². The van der Waals surface area contributed by atoms with Crippen molar-refractivity contribution in [1.29, 1.82) is 0 Å². The number of rotatable bonds is 3. The van der Waals surface area contributed by atoms with Crippen LogP contribution >= 0.6 is 11.8 Å². The Morgan fingerprint density at radius 1 is 1.18 bits per heavy atom. The Morgan fingerprint density at radius 2 is 1.91 bits per heavy atom. The summed E-state index contributed by atoms with van der Waals surface area (Å²) in [6.07, 6.45) is 6.01. The highest BCUT2D eigenvalue weighted by Crippen LogP contribution is 2.39. The van der Waals surface area contributed by atoms with E-state index in [2.05, 4.69) is 41.0 Å². The van der Waals surface area contributed by atoms with Gasteiger partial charge in [0.25, 0.3) is 0 Å². The van der Waals surface area contributed by atoms with Crippen LogP contribution < -0.4 is 4.90 Å². The monoisotopic (exact) mass is 318 g/mol. The van der Waals surface area contributed by atoms with Gasteiger partial charge >= 0.3 is 0 Å². The third-order valence-electron chi connectivity index (χ3n) is 4.66. The first-order valence-electron chi connectivity index (χ1n) is 8.56. The molecule has 2 aliphatic rings. The average Bonchev–Trinajstić information content (AvgIpc) is 2.84. The second-order valence-electron chi connectivity index (χ2n) is 6.29. The molecule has 0 N–H and O–H groups in total. The highest BCUT2D eigenvalue weighted by molar-refractivity contribution is 8.00. The van der Waals surface area contributed by atoms with Gasteiger partial charge in [-0.3, -0.25) is 4.79 Å².